The number of benzene rings is 2. The number of methoxy groups -OCH3 is 1. The van der Waals surface area contributed by atoms with Crippen LogP contribution < -0.4 is 15.4 Å². The molecule has 1 aliphatic heterocycles. The van der Waals surface area contributed by atoms with Crippen molar-refractivity contribution in [1.29, 1.82) is 0 Å². The van der Waals surface area contributed by atoms with Gasteiger partial charge in [-0.25, -0.2) is 8.42 Å². The quantitative estimate of drug-likeness (QED) is 0.641. The number of hydrogen-bond donors (Lipinski definition) is 2. The molecular formula is C19H21Cl2N3O5S. The molecule has 0 atom stereocenters. The highest BCUT2D eigenvalue weighted by Crippen LogP contribution is 2.30. The number of halogens is 2. The minimum Gasteiger partial charge on any atom is -0.495 e. The topological polar surface area (TPSA) is 97.0 Å². The molecule has 0 aliphatic carbocycles. The number of carbonyl (C=O) groups excluding carboxylic acids is 1. The highest BCUT2D eigenvalue weighted by Gasteiger charge is 2.29. The second-order valence-electron chi connectivity index (χ2n) is 6.41. The zero-order chi connectivity index (χ0) is 21.7. The van der Waals surface area contributed by atoms with Crippen LogP contribution in [0.5, 0.6) is 5.75 Å². The van der Waals surface area contributed by atoms with Gasteiger partial charge in [-0.15, -0.1) is 0 Å². The smallest absolute Gasteiger partial charge is 0.246 e. The molecule has 1 heterocycles. The number of sulfonamides is 1. The lowest BCUT2D eigenvalue weighted by Gasteiger charge is -2.26. The first kappa shape index (κ1) is 22.6. The number of rotatable bonds is 7. The molecule has 2 N–H and O–H groups in total. The highest BCUT2D eigenvalue weighted by atomic mass is 35.5. The van der Waals surface area contributed by atoms with Crippen molar-refractivity contribution in [3.05, 3.63) is 46.4 Å². The Hall–Kier alpha value is -2.04. The van der Waals surface area contributed by atoms with E-state index in [1.54, 1.807) is 24.3 Å². The van der Waals surface area contributed by atoms with Crippen molar-refractivity contribution in [3.8, 4) is 5.75 Å². The van der Waals surface area contributed by atoms with Gasteiger partial charge in [-0.1, -0.05) is 23.2 Å². The average Bonchev–Trinajstić information content (AvgIpc) is 2.73. The molecule has 0 aromatic heterocycles. The van der Waals surface area contributed by atoms with Gasteiger partial charge in [0.25, 0.3) is 0 Å². The van der Waals surface area contributed by atoms with E-state index < -0.39 is 10.0 Å². The van der Waals surface area contributed by atoms with Crippen molar-refractivity contribution >= 4 is 50.5 Å². The molecule has 162 valence electrons. The number of hydrogen-bond acceptors (Lipinski definition) is 6. The molecule has 0 radical (unpaired) electrons. The number of nitrogens with zero attached hydrogens (tertiary/aromatic N) is 1. The molecule has 1 aliphatic rings. The maximum Gasteiger partial charge on any atom is 0.246 e. The number of morpholine rings is 1. The van der Waals surface area contributed by atoms with Crippen LogP contribution in [0.4, 0.5) is 11.4 Å². The Kier molecular flexibility index (Phi) is 7.43. The van der Waals surface area contributed by atoms with E-state index in [9.17, 15) is 13.2 Å². The Balaban J connectivity index is 1.73. The minimum absolute atomic E-state index is 0.0154. The van der Waals surface area contributed by atoms with Crippen LogP contribution in [0.2, 0.25) is 10.0 Å². The van der Waals surface area contributed by atoms with Crippen LogP contribution in [0.25, 0.3) is 0 Å². The lowest BCUT2D eigenvalue weighted by molar-refractivity contribution is -0.114. The number of nitrogens with one attached hydrogen (secondary N) is 2. The van der Waals surface area contributed by atoms with Crippen LogP contribution in [-0.2, 0) is 19.6 Å². The lowest BCUT2D eigenvalue weighted by atomic mass is 10.3. The number of carbonyl (C=O) groups is 1. The largest absolute Gasteiger partial charge is 0.495 e. The molecule has 1 fully saturated rings. The number of anilines is 2. The second-order valence-corrected chi connectivity index (χ2v) is 9.16. The van der Waals surface area contributed by atoms with Gasteiger partial charge in [0, 0.05) is 23.8 Å². The van der Waals surface area contributed by atoms with E-state index in [4.69, 9.17) is 32.7 Å². The predicted octanol–water partition coefficient (Wildman–Crippen LogP) is 3.07. The molecule has 11 heteroatoms. The van der Waals surface area contributed by atoms with Crippen LogP contribution in [-0.4, -0.2) is 58.6 Å². The molecule has 0 spiro atoms. The first-order chi connectivity index (χ1) is 14.3. The molecule has 0 unspecified atom stereocenters. The van der Waals surface area contributed by atoms with Gasteiger partial charge in [0.05, 0.1) is 37.6 Å². The highest BCUT2D eigenvalue weighted by molar-refractivity contribution is 7.89. The van der Waals surface area contributed by atoms with E-state index >= 15 is 0 Å². The Labute approximate surface area is 185 Å². The van der Waals surface area contributed by atoms with Gasteiger partial charge in [-0.05, 0) is 36.4 Å². The molecule has 8 nitrogen and oxygen atoms in total. The van der Waals surface area contributed by atoms with Gasteiger partial charge in [-0.3, -0.25) is 4.79 Å². The third-order valence-corrected chi connectivity index (χ3v) is 6.87. The third-order valence-electron chi connectivity index (χ3n) is 4.41. The maximum atomic E-state index is 13.0. The summed E-state index contributed by atoms with van der Waals surface area (Å²) in [6.07, 6.45) is 0. The maximum absolute atomic E-state index is 13.0. The fourth-order valence-corrected chi connectivity index (χ4v) is 4.96. The minimum atomic E-state index is -3.80. The van der Waals surface area contributed by atoms with Crippen LogP contribution in [0, 0.1) is 0 Å². The molecule has 1 amide bonds. The van der Waals surface area contributed by atoms with Crippen LogP contribution in [0.3, 0.4) is 0 Å². The van der Waals surface area contributed by atoms with Crippen molar-refractivity contribution in [2.75, 3.05) is 50.6 Å². The summed E-state index contributed by atoms with van der Waals surface area (Å²) in [6.45, 7) is 1.11. The zero-order valence-corrected chi connectivity index (χ0v) is 18.5. The van der Waals surface area contributed by atoms with Crippen molar-refractivity contribution in [3.63, 3.8) is 0 Å². The molecular weight excluding hydrogens is 453 g/mol. The van der Waals surface area contributed by atoms with Gasteiger partial charge in [0.2, 0.25) is 15.9 Å². The average molecular weight is 474 g/mol. The van der Waals surface area contributed by atoms with E-state index in [0.29, 0.717) is 34.6 Å². The van der Waals surface area contributed by atoms with E-state index in [1.165, 1.54) is 23.5 Å². The summed E-state index contributed by atoms with van der Waals surface area (Å²) in [7, 11) is -2.40. The van der Waals surface area contributed by atoms with E-state index in [2.05, 4.69) is 10.6 Å². The summed E-state index contributed by atoms with van der Waals surface area (Å²) in [5.74, 6) is -0.175. The van der Waals surface area contributed by atoms with E-state index in [0.717, 1.165) is 0 Å². The first-order valence-corrected chi connectivity index (χ1v) is 11.3. The summed E-state index contributed by atoms with van der Waals surface area (Å²) in [5.41, 5.74) is 0.887. The summed E-state index contributed by atoms with van der Waals surface area (Å²) < 4.78 is 37.8. The molecule has 2 aromatic rings. The van der Waals surface area contributed by atoms with Gasteiger partial charge < -0.3 is 20.1 Å². The summed E-state index contributed by atoms with van der Waals surface area (Å²) in [4.78, 5) is 12.3. The fourth-order valence-electron chi connectivity index (χ4n) is 2.90. The van der Waals surface area contributed by atoms with Crippen LogP contribution >= 0.6 is 23.2 Å². The standard InChI is InChI=1S/C19H21Cl2N3O5S/c1-28-17-5-3-14(11-18(17)30(26,27)24-6-8-29-9-7-24)23-19(25)12-22-16-4-2-13(20)10-15(16)21/h2-5,10-11,22H,6-9,12H2,1H3,(H,23,25). The van der Waals surface area contributed by atoms with Gasteiger partial charge >= 0.3 is 0 Å². The second kappa shape index (κ2) is 9.84. The van der Waals surface area contributed by atoms with Crippen LogP contribution in [0.1, 0.15) is 0 Å². The van der Waals surface area contributed by atoms with E-state index in [1.807, 2.05) is 0 Å². The molecule has 3 rings (SSSR count). The SMILES string of the molecule is COc1ccc(NC(=O)CNc2ccc(Cl)cc2Cl)cc1S(=O)(=O)N1CCOCC1. The number of amides is 1. The van der Waals surface area contributed by atoms with Crippen LogP contribution in [0.15, 0.2) is 41.3 Å². The molecule has 1 saturated heterocycles. The normalized spacial score (nSPS) is 14.9. The monoisotopic (exact) mass is 473 g/mol. The van der Waals surface area contributed by atoms with Gasteiger partial charge in [0.1, 0.15) is 10.6 Å². The Morgan fingerprint density at radius 2 is 1.90 bits per heavy atom. The van der Waals surface area contributed by atoms with Crippen molar-refractivity contribution in [1.82, 2.24) is 4.31 Å². The molecule has 0 saturated carbocycles. The predicted molar refractivity (Wildman–Crippen MR) is 116 cm³/mol. The lowest BCUT2D eigenvalue weighted by Crippen LogP contribution is -2.40. The molecule has 0 bridgehead atoms. The Morgan fingerprint density at radius 3 is 2.57 bits per heavy atom. The first-order valence-electron chi connectivity index (χ1n) is 9.06. The van der Waals surface area contributed by atoms with E-state index in [-0.39, 0.29) is 36.2 Å². The molecule has 30 heavy (non-hydrogen) atoms. The third kappa shape index (κ3) is 5.35. The fraction of sp³-hybridized carbons (Fsp3) is 0.316. The van der Waals surface area contributed by atoms with Crippen molar-refractivity contribution in [2.24, 2.45) is 0 Å². The number of ether oxygens (including phenoxy) is 2. The van der Waals surface area contributed by atoms with Crippen molar-refractivity contribution < 1.29 is 22.7 Å². The summed E-state index contributed by atoms with van der Waals surface area (Å²) >= 11 is 11.9. The Morgan fingerprint density at radius 1 is 1.17 bits per heavy atom. The zero-order valence-electron chi connectivity index (χ0n) is 16.2. The Bertz CT molecular complexity index is 1030. The van der Waals surface area contributed by atoms with Crippen molar-refractivity contribution in [2.45, 2.75) is 4.90 Å². The summed E-state index contributed by atoms with van der Waals surface area (Å²) in [5, 5.41) is 6.46. The molecule has 2 aromatic carbocycles. The van der Waals surface area contributed by atoms with Gasteiger partial charge in [0.15, 0.2) is 0 Å². The van der Waals surface area contributed by atoms with Gasteiger partial charge in [-0.2, -0.15) is 4.31 Å². The summed E-state index contributed by atoms with van der Waals surface area (Å²) in [6, 6.07) is 9.35.